The van der Waals surface area contributed by atoms with Crippen molar-refractivity contribution in [3.8, 4) is 0 Å². The molecular weight excluding hydrogens is 212 g/mol. The molecule has 0 spiro atoms. The van der Waals surface area contributed by atoms with Gasteiger partial charge in [0.2, 0.25) is 0 Å². The van der Waals surface area contributed by atoms with E-state index in [-0.39, 0.29) is 19.7 Å². The average Bonchev–Trinajstić information content (AvgIpc) is 2.75. The van der Waals surface area contributed by atoms with Gasteiger partial charge in [0.05, 0.1) is 18.7 Å². The molecule has 0 unspecified atom stereocenters. The monoisotopic (exact) mass is 226 g/mol. The molecule has 1 aromatic rings. The van der Waals surface area contributed by atoms with Crippen molar-refractivity contribution in [2.24, 2.45) is 5.73 Å². The van der Waals surface area contributed by atoms with Crippen molar-refractivity contribution in [2.75, 3.05) is 13.2 Å². The van der Waals surface area contributed by atoms with E-state index in [0.29, 0.717) is 11.3 Å². The highest BCUT2D eigenvalue weighted by Gasteiger charge is 2.11. The summed E-state index contributed by atoms with van der Waals surface area (Å²) in [6.07, 6.45) is 1.29. The fourth-order valence-electron chi connectivity index (χ4n) is 1.07. The van der Waals surface area contributed by atoms with E-state index >= 15 is 0 Å². The van der Waals surface area contributed by atoms with E-state index < -0.39 is 11.9 Å². The molecule has 88 valence electrons. The Labute approximate surface area is 92.7 Å². The molecule has 6 heteroatoms. The number of furan rings is 1. The third-order valence-corrected chi connectivity index (χ3v) is 1.82. The summed E-state index contributed by atoms with van der Waals surface area (Å²) in [7, 11) is 0. The highest BCUT2D eigenvalue weighted by Crippen LogP contribution is 2.06. The van der Waals surface area contributed by atoms with Crippen LogP contribution in [0.5, 0.6) is 0 Å². The molecule has 6 nitrogen and oxygen atoms in total. The number of rotatable bonds is 5. The van der Waals surface area contributed by atoms with Crippen molar-refractivity contribution in [1.82, 2.24) is 5.32 Å². The van der Waals surface area contributed by atoms with Crippen LogP contribution in [-0.2, 0) is 16.1 Å². The van der Waals surface area contributed by atoms with Crippen LogP contribution in [0.4, 0.5) is 0 Å². The molecule has 0 saturated carbocycles. The standard InChI is InChI=1S/C10H14N2O4/c1-2-15-9(13)5-12-10(14)7-3-8(4-11)16-6-7/h3,6H,2,4-5,11H2,1H3,(H,12,14). The third kappa shape index (κ3) is 3.39. The molecule has 0 aliphatic rings. The van der Waals surface area contributed by atoms with Gasteiger partial charge in [0.1, 0.15) is 18.6 Å². The van der Waals surface area contributed by atoms with Gasteiger partial charge in [-0.1, -0.05) is 0 Å². The summed E-state index contributed by atoms with van der Waals surface area (Å²) in [5.74, 6) is -0.351. The van der Waals surface area contributed by atoms with Gasteiger partial charge in [-0.05, 0) is 13.0 Å². The maximum Gasteiger partial charge on any atom is 0.325 e. The Bertz CT molecular complexity index is 373. The fraction of sp³-hybridized carbons (Fsp3) is 0.400. The van der Waals surface area contributed by atoms with Crippen molar-refractivity contribution in [1.29, 1.82) is 0 Å². The predicted molar refractivity (Wildman–Crippen MR) is 55.6 cm³/mol. The first-order valence-corrected chi connectivity index (χ1v) is 4.88. The van der Waals surface area contributed by atoms with E-state index in [2.05, 4.69) is 10.1 Å². The number of carbonyl (C=O) groups is 2. The molecule has 1 amide bonds. The normalized spacial score (nSPS) is 9.88. The molecule has 0 aromatic carbocycles. The minimum absolute atomic E-state index is 0.157. The molecule has 0 aliphatic carbocycles. The van der Waals surface area contributed by atoms with Crippen LogP contribution >= 0.6 is 0 Å². The molecule has 1 aromatic heterocycles. The molecule has 0 saturated heterocycles. The molecule has 0 aliphatic heterocycles. The predicted octanol–water partition coefficient (Wildman–Crippen LogP) is 0.0312. The Kier molecular flexibility index (Phi) is 4.53. The van der Waals surface area contributed by atoms with Gasteiger partial charge in [-0.15, -0.1) is 0 Å². The van der Waals surface area contributed by atoms with Crippen LogP contribution in [0.15, 0.2) is 16.7 Å². The Morgan fingerprint density at radius 3 is 2.88 bits per heavy atom. The topological polar surface area (TPSA) is 94.6 Å². The van der Waals surface area contributed by atoms with Gasteiger partial charge in [0, 0.05) is 0 Å². The summed E-state index contributed by atoms with van der Waals surface area (Å²) in [5.41, 5.74) is 5.66. The minimum Gasteiger partial charge on any atom is -0.467 e. The SMILES string of the molecule is CCOC(=O)CNC(=O)c1coc(CN)c1. The number of nitrogens with two attached hydrogens (primary N) is 1. The van der Waals surface area contributed by atoms with Crippen molar-refractivity contribution in [3.05, 3.63) is 23.7 Å². The lowest BCUT2D eigenvalue weighted by atomic mass is 10.3. The number of esters is 1. The number of carbonyl (C=O) groups excluding carboxylic acids is 2. The highest BCUT2D eigenvalue weighted by atomic mass is 16.5. The van der Waals surface area contributed by atoms with E-state index in [1.54, 1.807) is 6.92 Å². The van der Waals surface area contributed by atoms with Gasteiger partial charge in [-0.3, -0.25) is 9.59 Å². The first kappa shape index (κ1) is 12.3. The van der Waals surface area contributed by atoms with Gasteiger partial charge < -0.3 is 20.2 Å². The number of ether oxygens (including phenoxy) is 1. The molecule has 1 heterocycles. The number of hydrogen-bond acceptors (Lipinski definition) is 5. The number of nitrogens with one attached hydrogen (secondary N) is 1. The van der Waals surface area contributed by atoms with E-state index in [0.717, 1.165) is 0 Å². The summed E-state index contributed by atoms with van der Waals surface area (Å²) >= 11 is 0. The van der Waals surface area contributed by atoms with Gasteiger partial charge in [-0.25, -0.2) is 0 Å². The van der Waals surface area contributed by atoms with E-state index in [1.807, 2.05) is 0 Å². The molecule has 0 bridgehead atoms. The van der Waals surface area contributed by atoms with Crippen molar-refractivity contribution in [3.63, 3.8) is 0 Å². The lowest BCUT2D eigenvalue weighted by molar-refractivity contribution is -0.141. The lowest BCUT2D eigenvalue weighted by Crippen LogP contribution is -2.30. The quantitative estimate of drug-likeness (QED) is 0.691. The molecular formula is C10H14N2O4. The minimum atomic E-state index is -0.474. The second-order valence-electron chi connectivity index (χ2n) is 2.99. The zero-order valence-electron chi connectivity index (χ0n) is 8.99. The van der Waals surface area contributed by atoms with Gasteiger partial charge in [0.25, 0.3) is 5.91 Å². The Morgan fingerprint density at radius 2 is 2.31 bits per heavy atom. The second kappa shape index (κ2) is 5.92. The van der Waals surface area contributed by atoms with Crippen LogP contribution in [0.3, 0.4) is 0 Å². The zero-order chi connectivity index (χ0) is 12.0. The molecule has 16 heavy (non-hydrogen) atoms. The Balaban J connectivity index is 2.43. The Hall–Kier alpha value is -1.82. The van der Waals surface area contributed by atoms with E-state index in [4.69, 9.17) is 10.2 Å². The van der Waals surface area contributed by atoms with Gasteiger partial charge >= 0.3 is 5.97 Å². The molecule has 1 rings (SSSR count). The fourth-order valence-corrected chi connectivity index (χ4v) is 1.07. The second-order valence-corrected chi connectivity index (χ2v) is 2.99. The first-order valence-electron chi connectivity index (χ1n) is 4.88. The van der Waals surface area contributed by atoms with Gasteiger partial charge in [-0.2, -0.15) is 0 Å². The third-order valence-electron chi connectivity index (χ3n) is 1.82. The summed E-state index contributed by atoms with van der Waals surface area (Å²) in [6, 6.07) is 1.53. The molecule has 0 radical (unpaired) electrons. The zero-order valence-corrected chi connectivity index (χ0v) is 8.99. The molecule has 0 fully saturated rings. The van der Waals surface area contributed by atoms with Crippen molar-refractivity contribution < 1.29 is 18.7 Å². The highest BCUT2D eigenvalue weighted by molar-refractivity contribution is 5.95. The number of hydrogen-bond donors (Lipinski definition) is 2. The smallest absolute Gasteiger partial charge is 0.325 e. The first-order chi connectivity index (χ1) is 7.67. The lowest BCUT2D eigenvalue weighted by Gasteiger charge is -2.02. The van der Waals surface area contributed by atoms with Crippen LogP contribution < -0.4 is 11.1 Å². The van der Waals surface area contributed by atoms with Crippen LogP contribution in [0.25, 0.3) is 0 Å². The molecule has 0 atom stereocenters. The maximum absolute atomic E-state index is 11.5. The van der Waals surface area contributed by atoms with Crippen molar-refractivity contribution in [2.45, 2.75) is 13.5 Å². The summed E-state index contributed by atoms with van der Waals surface area (Å²) < 4.78 is 9.64. The maximum atomic E-state index is 11.5. The summed E-state index contributed by atoms with van der Waals surface area (Å²) in [5, 5.41) is 2.41. The Morgan fingerprint density at radius 1 is 1.56 bits per heavy atom. The largest absolute Gasteiger partial charge is 0.467 e. The van der Waals surface area contributed by atoms with Crippen LogP contribution in [0.1, 0.15) is 23.0 Å². The van der Waals surface area contributed by atoms with E-state index in [9.17, 15) is 9.59 Å². The summed E-state index contributed by atoms with van der Waals surface area (Å²) in [6.45, 7) is 2.06. The average molecular weight is 226 g/mol. The van der Waals surface area contributed by atoms with Crippen LogP contribution in [0.2, 0.25) is 0 Å². The molecule has 3 N–H and O–H groups in total. The van der Waals surface area contributed by atoms with Gasteiger partial charge in [0.15, 0.2) is 0 Å². The van der Waals surface area contributed by atoms with Crippen LogP contribution in [-0.4, -0.2) is 25.0 Å². The van der Waals surface area contributed by atoms with Crippen LogP contribution in [0, 0.1) is 0 Å². The number of amides is 1. The summed E-state index contributed by atoms with van der Waals surface area (Å²) in [4.78, 5) is 22.4. The van der Waals surface area contributed by atoms with Crippen molar-refractivity contribution >= 4 is 11.9 Å². The van der Waals surface area contributed by atoms with E-state index in [1.165, 1.54) is 12.3 Å².